The molecule has 0 radical (unpaired) electrons. The zero-order valence-electron chi connectivity index (χ0n) is 12.4. The highest BCUT2D eigenvalue weighted by Gasteiger charge is 2.03. The van der Waals surface area contributed by atoms with Crippen molar-refractivity contribution < 1.29 is 14.3 Å². The van der Waals surface area contributed by atoms with Crippen LogP contribution in [0.4, 0.5) is 5.82 Å². The molecule has 1 aromatic carbocycles. The van der Waals surface area contributed by atoms with Crippen LogP contribution in [0, 0.1) is 6.92 Å². The highest BCUT2D eigenvalue weighted by Crippen LogP contribution is 2.08. The van der Waals surface area contributed by atoms with Crippen molar-refractivity contribution in [3.05, 3.63) is 65.4 Å². The molecular weight excluding hydrogens is 280 g/mol. The van der Waals surface area contributed by atoms with E-state index in [1.165, 1.54) is 13.2 Å². The Balaban J connectivity index is 1.99. The summed E-state index contributed by atoms with van der Waals surface area (Å²) in [6.07, 6.45) is 4.71. The van der Waals surface area contributed by atoms with Crippen molar-refractivity contribution in [2.24, 2.45) is 0 Å². The molecule has 5 nitrogen and oxygen atoms in total. The van der Waals surface area contributed by atoms with Gasteiger partial charge in [-0.3, -0.25) is 4.79 Å². The number of amides is 1. The third-order valence-corrected chi connectivity index (χ3v) is 2.93. The van der Waals surface area contributed by atoms with Gasteiger partial charge in [0.1, 0.15) is 5.82 Å². The van der Waals surface area contributed by atoms with Gasteiger partial charge < -0.3 is 10.1 Å². The molecule has 0 spiro atoms. The first-order valence-corrected chi connectivity index (χ1v) is 6.68. The number of carbonyl (C=O) groups is 2. The minimum atomic E-state index is -0.390. The minimum Gasteiger partial charge on any atom is -0.465 e. The minimum absolute atomic E-state index is 0.268. The van der Waals surface area contributed by atoms with E-state index in [-0.39, 0.29) is 5.91 Å². The van der Waals surface area contributed by atoms with Crippen molar-refractivity contribution >= 4 is 23.8 Å². The van der Waals surface area contributed by atoms with Crippen molar-refractivity contribution in [2.75, 3.05) is 12.4 Å². The molecule has 0 atom stereocenters. The summed E-state index contributed by atoms with van der Waals surface area (Å²) in [5.41, 5.74) is 2.29. The lowest BCUT2D eigenvalue weighted by atomic mass is 10.1. The normalized spacial score (nSPS) is 10.5. The van der Waals surface area contributed by atoms with Gasteiger partial charge in [-0.25, -0.2) is 9.78 Å². The van der Waals surface area contributed by atoms with Gasteiger partial charge in [-0.1, -0.05) is 12.1 Å². The van der Waals surface area contributed by atoms with Gasteiger partial charge in [0, 0.05) is 12.3 Å². The van der Waals surface area contributed by atoms with Crippen LogP contribution < -0.4 is 5.32 Å². The van der Waals surface area contributed by atoms with E-state index in [0.29, 0.717) is 11.4 Å². The number of aromatic nitrogens is 1. The van der Waals surface area contributed by atoms with Gasteiger partial charge in [-0.15, -0.1) is 0 Å². The molecule has 2 aromatic rings. The standard InChI is InChI=1S/C17H16N2O3/c1-12-9-10-18-15(11-12)19-16(20)8-5-13-3-6-14(7-4-13)17(21)22-2/h3-11H,1-2H3,(H,18,19,20)/b8-5+. The Hall–Kier alpha value is -2.95. The zero-order valence-corrected chi connectivity index (χ0v) is 12.4. The summed E-state index contributed by atoms with van der Waals surface area (Å²) < 4.78 is 4.62. The van der Waals surface area contributed by atoms with Crippen LogP contribution in [0.15, 0.2) is 48.7 Å². The van der Waals surface area contributed by atoms with Gasteiger partial charge in [0.25, 0.3) is 0 Å². The lowest BCUT2D eigenvalue weighted by molar-refractivity contribution is -0.111. The largest absolute Gasteiger partial charge is 0.465 e. The monoisotopic (exact) mass is 296 g/mol. The van der Waals surface area contributed by atoms with Crippen LogP contribution >= 0.6 is 0 Å². The molecule has 0 fully saturated rings. The number of rotatable bonds is 4. The van der Waals surface area contributed by atoms with Crippen molar-refractivity contribution in [3.63, 3.8) is 0 Å². The first-order valence-electron chi connectivity index (χ1n) is 6.68. The molecule has 0 aliphatic heterocycles. The van der Waals surface area contributed by atoms with Crippen LogP contribution in [0.2, 0.25) is 0 Å². The van der Waals surface area contributed by atoms with Crippen molar-refractivity contribution in [2.45, 2.75) is 6.92 Å². The molecule has 0 aliphatic carbocycles. The van der Waals surface area contributed by atoms with Crippen LogP contribution in [0.5, 0.6) is 0 Å². The number of pyridine rings is 1. The number of esters is 1. The summed E-state index contributed by atoms with van der Waals surface area (Å²) in [5, 5.41) is 2.68. The van der Waals surface area contributed by atoms with Crippen molar-refractivity contribution in [3.8, 4) is 0 Å². The Morgan fingerprint density at radius 3 is 2.55 bits per heavy atom. The molecule has 1 heterocycles. The number of carbonyl (C=O) groups excluding carboxylic acids is 2. The van der Waals surface area contributed by atoms with E-state index >= 15 is 0 Å². The Kier molecular flexibility index (Phi) is 5.03. The summed E-state index contributed by atoms with van der Waals surface area (Å²) in [6, 6.07) is 10.4. The molecule has 22 heavy (non-hydrogen) atoms. The van der Waals surface area contributed by atoms with E-state index in [9.17, 15) is 9.59 Å². The SMILES string of the molecule is COC(=O)c1ccc(/C=C/C(=O)Nc2cc(C)ccn2)cc1. The molecule has 0 unspecified atom stereocenters. The zero-order chi connectivity index (χ0) is 15.9. The van der Waals surface area contributed by atoms with Gasteiger partial charge in [-0.05, 0) is 48.4 Å². The molecule has 1 N–H and O–H groups in total. The van der Waals surface area contributed by atoms with Crippen LogP contribution in [-0.4, -0.2) is 24.0 Å². The average Bonchev–Trinajstić information content (AvgIpc) is 2.52. The highest BCUT2D eigenvalue weighted by molar-refractivity contribution is 6.01. The number of ether oxygens (including phenoxy) is 1. The lowest BCUT2D eigenvalue weighted by Crippen LogP contribution is -2.09. The van der Waals surface area contributed by atoms with Crippen LogP contribution in [-0.2, 0) is 9.53 Å². The number of methoxy groups -OCH3 is 1. The fourth-order valence-electron chi connectivity index (χ4n) is 1.79. The first kappa shape index (κ1) is 15.4. The van der Waals surface area contributed by atoms with E-state index in [2.05, 4.69) is 15.0 Å². The number of nitrogens with zero attached hydrogens (tertiary/aromatic N) is 1. The van der Waals surface area contributed by atoms with Gasteiger partial charge in [0.15, 0.2) is 0 Å². The second kappa shape index (κ2) is 7.17. The molecule has 0 bridgehead atoms. The quantitative estimate of drug-likeness (QED) is 0.696. The van der Waals surface area contributed by atoms with Crippen molar-refractivity contribution in [1.29, 1.82) is 0 Å². The number of hydrogen-bond donors (Lipinski definition) is 1. The molecule has 0 saturated heterocycles. The molecule has 1 aromatic heterocycles. The van der Waals surface area contributed by atoms with Gasteiger partial charge in [0.05, 0.1) is 12.7 Å². The predicted molar refractivity (Wildman–Crippen MR) is 84.4 cm³/mol. The summed E-state index contributed by atoms with van der Waals surface area (Å²) in [5.74, 6) is -0.148. The Labute approximate surface area is 128 Å². The van der Waals surface area contributed by atoms with E-state index in [1.807, 2.05) is 13.0 Å². The van der Waals surface area contributed by atoms with Gasteiger partial charge in [0.2, 0.25) is 5.91 Å². The molecule has 5 heteroatoms. The van der Waals surface area contributed by atoms with E-state index in [4.69, 9.17) is 0 Å². The maximum Gasteiger partial charge on any atom is 0.337 e. The smallest absolute Gasteiger partial charge is 0.337 e. The van der Waals surface area contributed by atoms with Crippen molar-refractivity contribution in [1.82, 2.24) is 4.98 Å². The molecular formula is C17H16N2O3. The summed E-state index contributed by atoms with van der Waals surface area (Å²) in [7, 11) is 1.33. The number of anilines is 1. The highest BCUT2D eigenvalue weighted by atomic mass is 16.5. The average molecular weight is 296 g/mol. The second-order valence-corrected chi connectivity index (χ2v) is 4.65. The first-order chi connectivity index (χ1) is 10.6. The second-order valence-electron chi connectivity index (χ2n) is 4.65. The molecule has 112 valence electrons. The number of aryl methyl sites for hydroxylation is 1. The number of benzene rings is 1. The fourth-order valence-corrected chi connectivity index (χ4v) is 1.79. The maximum atomic E-state index is 11.8. The number of hydrogen-bond acceptors (Lipinski definition) is 4. The van der Waals surface area contributed by atoms with Gasteiger partial charge in [-0.2, -0.15) is 0 Å². The summed E-state index contributed by atoms with van der Waals surface area (Å²) in [6.45, 7) is 1.93. The maximum absolute atomic E-state index is 11.8. The van der Waals surface area contributed by atoms with Crippen LogP contribution in [0.1, 0.15) is 21.5 Å². The molecule has 2 rings (SSSR count). The predicted octanol–water partition coefficient (Wildman–Crippen LogP) is 2.83. The number of nitrogens with one attached hydrogen (secondary N) is 1. The Morgan fingerprint density at radius 2 is 1.91 bits per heavy atom. The van der Waals surface area contributed by atoms with Crippen LogP contribution in [0.3, 0.4) is 0 Å². The molecule has 0 saturated carbocycles. The Bertz CT molecular complexity index is 706. The summed E-state index contributed by atoms with van der Waals surface area (Å²) in [4.78, 5) is 27.2. The lowest BCUT2D eigenvalue weighted by Gasteiger charge is -2.02. The van der Waals surface area contributed by atoms with Gasteiger partial charge >= 0.3 is 5.97 Å². The van der Waals surface area contributed by atoms with E-state index < -0.39 is 5.97 Å². The van der Waals surface area contributed by atoms with E-state index in [1.54, 1.807) is 42.6 Å². The Morgan fingerprint density at radius 1 is 1.18 bits per heavy atom. The van der Waals surface area contributed by atoms with E-state index in [0.717, 1.165) is 11.1 Å². The topological polar surface area (TPSA) is 68.3 Å². The fraction of sp³-hybridized carbons (Fsp3) is 0.118. The molecule has 1 amide bonds. The van der Waals surface area contributed by atoms with Crippen LogP contribution in [0.25, 0.3) is 6.08 Å². The summed E-state index contributed by atoms with van der Waals surface area (Å²) >= 11 is 0. The molecule has 0 aliphatic rings. The third-order valence-electron chi connectivity index (χ3n) is 2.93. The third kappa shape index (κ3) is 4.28.